The number of fused-ring (bicyclic) bond motifs is 1. The van der Waals surface area contributed by atoms with Crippen LogP contribution in [-0.4, -0.2) is 22.6 Å². The monoisotopic (exact) mass is 277 g/mol. The Bertz CT molecular complexity index is 586. The molecule has 1 N–H and O–H groups in total. The number of halogens is 1. The maximum absolute atomic E-state index is 6.08. The molecule has 0 saturated carbocycles. The average molecular weight is 278 g/mol. The van der Waals surface area contributed by atoms with E-state index in [1.807, 2.05) is 12.1 Å². The summed E-state index contributed by atoms with van der Waals surface area (Å²) in [6.45, 7) is 7.74. The number of hydrogen-bond donors (Lipinski definition) is 1. The van der Waals surface area contributed by atoms with E-state index < -0.39 is 0 Å². The molecule has 0 bridgehead atoms. The van der Waals surface area contributed by atoms with E-state index in [1.54, 1.807) is 0 Å². The van der Waals surface area contributed by atoms with Gasteiger partial charge in [0.25, 0.3) is 0 Å². The molecule has 2 heterocycles. The Morgan fingerprint density at radius 1 is 1.47 bits per heavy atom. The van der Waals surface area contributed by atoms with Gasteiger partial charge in [-0.05, 0) is 43.6 Å². The number of aromatic nitrogens is 2. The van der Waals surface area contributed by atoms with Gasteiger partial charge in [0, 0.05) is 17.5 Å². The van der Waals surface area contributed by atoms with Crippen LogP contribution < -0.4 is 5.32 Å². The van der Waals surface area contributed by atoms with Gasteiger partial charge in [0.2, 0.25) is 0 Å². The molecule has 0 aliphatic carbocycles. The predicted molar refractivity (Wildman–Crippen MR) is 79.8 cm³/mol. The fourth-order valence-electron chi connectivity index (χ4n) is 2.80. The van der Waals surface area contributed by atoms with Crippen molar-refractivity contribution in [2.45, 2.75) is 32.7 Å². The molecule has 3 rings (SSSR count). The predicted octanol–water partition coefficient (Wildman–Crippen LogP) is 3.42. The molecule has 3 nitrogen and oxygen atoms in total. The highest BCUT2D eigenvalue weighted by atomic mass is 35.5. The Kier molecular flexibility index (Phi) is 3.50. The Labute approximate surface area is 119 Å². The molecule has 1 aliphatic rings. The second-order valence-corrected chi connectivity index (χ2v) is 5.90. The first kappa shape index (κ1) is 12.9. The Balaban J connectivity index is 2.08. The van der Waals surface area contributed by atoms with Crippen molar-refractivity contribution in [3.63, 3.8) is 0 Å². The molecule has 102 valence electrons. The van der Waals surface area contributed by atoms with Gasteiger partial charge in [-0.25, -0.2) is 4.98 Å². The van der Waals surface area contributed by atoms with Crippen molar-refractivity contribution in [2.75, 3.05) is 13.1 Å². The molecular weight excluding hydrogens is 258 g/mol. The van der Waals surface area contributed by atoms with Crippen molar-refractivity contribution >= 4 is 22.6 Å². The molecule has 1 aromatic carbocycles. The zero-order chi connectivity index (χ0) is 13.4. The quantitative estimate of drug-likeness (QED) is 0.928. The Hall–Kier alpha value is -1.06. The molecule has 1 atom stereocenters. The van der Waals surface area contributed by atoms with Gasteiger partial charge in [-0.15, -0.1) is 0 Å². The first-order valence-electron chi connectivity index (χ1n) is 7.07. The van der Waals surface area contributed by atoms with Crippen LogP contribution in [0.15, 0.2) is 18.2 Å². The highest BCUT2D eigenvalue weighted by molar-refractivity contribution is 6.31. The van der Waals surface area contributed by atoms with Crippen molar-refractivity contribution in [2.24, 2.45) is 5.92 Å². The molecule has 19 heavy (non-hydrogen) atoms. The van der Waals surface area contributed by atoms with Gasteiger partial charge in [-0.1, -0.05) is 25.4 Å². The van der Waals surface area contributed by atoms with Crippen LogP contribution in [0, 0.1) is 5.92 Å². The summed E-state index contributed by atoms with van der Waals surface area (Å²) >= 11 is 6.08. The van der Waals surface area contributed by atoms with Crippen LogP contribution >= 0.6 is 11.6 Å². The minimum absolute atomic E-state index is 0.499. The first-order chi connectivity index (χ1) is 9.20. The van der Waals surface area contributed by atoms with Crippen LogP contribution in [0.5, 0.6) is 0 Å². The number of hydrogen-bond acceptors (Lipinski definition) is 2. The molecule has 1 aromatic heterocycles. The zero-order valence-electron chi connectivity index (χ0n) is 11.5. The smallest absolute Gasteiger partial charge is 0.113 e. The van der Waals surface area contributed by atoms with Crippen molar-refractivity contribution < 1.29 is 0 Å². The fourth-order valence-corrected chi connectivity index (χ4v) is 2.97. The van der Waals surface area contributed by atoms with Crippen LogP contribution in [-0.2, 0) is 6.54 Å². The van der Waals surface area contributed by atoms with Crippen LogP contribution in [0.3, 0.4) is 0 Å². The van der Waals surface area contributed by atoms with E-state index in [4.69, 9.17) is 16.6 Å². The van der Waals surface area contributed by atoms with Crippen molar-refractivity contribution in [1.29, 1.82) is 0 Å². The Morgan fingerprint density at radius 3 is 2.89 bits per heavy atom. The van der Waals surface area contributed by atoms with Crippen LogP contribution in [0.2, 0.25) is 5.02 Å². The third kappa shape index (κ3) is 2.26. The number of nitrogens with zero attached hydrogens (tertiary/aromatic N) is 2. The zero-order valence-corrected chi connectivity index (χ0v) is 12.2. The molecule has 1 saturated heterocycles. The van der Waals surface area contributed by atoms with Gasteiger partial charge in [0.05, 0.1) is 11.0 Å². The number of aryl methyl sites for hydroxylation is 1. The van der Waals surface area contributed by atoms with Crippen molar-refractivity contribution in [3.05, 3.63) is 29.0 Å². The molecule has 1 unspecified atom stereocenters. The summed E-state index contributed by atoms with van der Waals surface area (Å²) < 4.78 is 2.37. The SMILES string of the molecule is CCCn1c(C(C)C2CNC2)nc2cc(Cl)ccc21. The standard InChI is InChI=1S/C15H20ClN3/c1-3-6-19-14-5-4-12(16)7-13(14)18-15(19)10(2)11-8-17-9-11/h4-5,7,10-11,17H,3,6,8-9H2,1-2H3. The lowest BCUT2D eigenvalue weighted by atomic mass is 9.88. The highest BCUT2D eigenvalue weighted by Crippen LogP contribution is 2.30. The molecule has 0 radical (unpaired) electrons. The maximum Gasteiger partial charge on any atom is 0.113 e. The third-order valence-electron chi connectivity index (χ3n) is 4.11. The molecule has 2 aromatic rings. The lowest BCUT2D eigenvalue weighted by molar-refractivity contribution is 0.291. The summed E-state index contributed by atoms with van der Waals surface area (Å²) in [7, 11) is 0. The van der Waals surface area contributed by atoms with Gasteiger partial charge >= 0.3 is 0 Å². The summed E-state index contributed by atoms with van der Waals surface area (Å²) in [4.78, 5) is 4.85. The lowest BCUT2D eigenvalue weighted by Gasteiger charge is -2.32. The van der Waals surface area contributed by atoms with E-state index in [9.17, 15) is 0 Å². The first-order valence-corrected chi connectivity index (χ1v) is 7.45. The molecule has 1 aliphatic heterocycles. The summed E-state index contributed by atoms with van der Waals surface area (Å²) in [5, 5.41) is 4.11. The van der Waals surface area contributed by atoms with Gasteiger partial charge in [0.15, 0.2) is 0 Å². The Morgan fingerprint density at radius 2 is 2.26 bits per heavy atom. The summed E-state index contributed by atoms with van der Waals surface area (Å²) in [6, 6.07) is 6.02. The average Bonchev–Trinajstić information content (AvgIpc) is 2.65. The van der Waals surface area contributed by atoms with E-state index in [1.165, 1.54) is 11.3 Å². The maximum atomic E-state index is 6.08. The van der Waals surface area contributed by atoms with Crippen molar-refractivity contribution in [3.8, 4) is 0 Å². The topological polar surface area (TPSA) is 29.9 Å². The summed E-state index contributed by atoms with van der Waals surface area (Å²) in [5.74, 6) is 2.42. The second-order valence-electron chi connectivity index (χ2n) is 5.46. The van der Waals surface area contributed by atoms with E-state index >= 15 is 0 Å². The molecule has 1 fully saturated rings. The van der Waals surface area contributed by atoms with Crippen molar-refractivity contribution in [1.82, 2.24) is 14.9 Å². The van der Waals surface area contributed by atoms with Crippen LogP contribution in [0.25, 0.3) is 11.0 Å². The van der Waals surface area contributed by atoms with Gasteiger partial charge in [-0.3, -0.25) is 0 Å². The van der Waals surface area contributed by atoms with E-state index in [2.05, 4.69) is 29.8 Å². The number of rotatable bonds is 4. The van der Waals surface area contributed by atoms with Crippen LogP contribution in [0.1, 0.15) is 32.0 Å². The molecular formula is C15H20ClN3. The molecule has 4 heteroatoms. The van der Waals surface area contributed by atoms with E-state index in [0.29, 0.717) is 11.8 Å². The normalized spacial score (nSPS) is 17.6. The van der Waals surface area contributed by atoms with Gasteiger partial charge in [0.1, 0.15) is 5.82 Å². The third-order valence-corrected chi connectivity index (χ3v) is 4.35. The molecule has 0 amide bonds. The number of imidazole rings is 1. The second kappa shape index (κ2) is 5.14. The van der Waals surface area contributed by atoms with E-state index in [-0.39, 0.29) is 0 Å². The highest BCUT2D eigenvalue weighted by Gasteiger charge is 2.28. The number of benzene rings is 1. The minimum Gasteiger partial charge on any atom is -0.328 e. The number of nitrogens with one attached hydrogen (secondary N) is 1. The summed E-state index contributed by atoms with van der Waals surface area (Å²) in [6.07, 6.45) is 1.12. The van der Waals surface area contributed by atoms with Gasteiger partial charge < -0.3 is 9.88 Å². The van der Waals surface area contributed by atoms with Crippen LogP contribution in [0.4, 0.5) is 0 Å². The minimum atomic E-state index is 0.499. The molecule has 0 spiro atoms. The largest absolute Gasteiger partial charge is 0.328 e. The fraction of sp³-hybridized carbons (Fsp3) is 0.533. The summed E-state index contributed by atoms with van der Waals surface area (Å²) in [5.41, 5.74) is 2.23. The lowest BCUT2D eigenvalue weighted by Crippen LogP contribution is -2.45. The van der Waals surface area contributed by atoms with Gasteiger partial charge in [-0.2, -0.15) is 0 Å². The van der Waals surface area contributed by atoms with E-state index in [0.717, 1.165) is 36.6 Å².